The van der Waals surface area contributed by atoms with E-state index in [0.29, 0.717) is 18.8 Å². The molecule has 0 aromatic carbocycles. The molecule has 22 atom stereocenters. The molecule has 8 rings (SSSR count). The third-order valence-corrected chi connectivity index (χ3v) is 19.0. The molecule has 0 aromatic rings. The van der Waals surface area contributed by atoms with Crippen molar-refractivity contribution < 1.29 is 79.2 Å². The summed E-state index contributed by atoms with van der Waals surface area (Å²) in [6.45, 7) is 16.7. The number of aliphatic hydroxyl groups excluding tert-OH is 8. The van der Waals surface area contributed by atoms with Crippen molar-refractivity contribution in [2.75, 3.05) is 13.2 Å². The number of aliphatic carboxylic acids is 1. The Balaban J connectivity index is 0.999. The molecule has 360 valence electrons. The molecule has 16 nitrogen and oxygen atoms in total. The van der Waals surface area contributed by atoms with Gasteiger partial charge in [0, 0.05) is 0 Å². The smallest absolute Gasteiger partial charge is 0.310 e. The van der Waals surface area contributed by atoms with Crippen LogP contribution in [0.1, 0.15) is 120 Å². The van der Waals surface area contributed by atoms with Crippen molar-refractivity contribution in [2.45, 2.75) is 212 Å². The van der Waals surface area contributed by atoms with Gasteiger partial charge in [-0.25, -0.2) is 0 Å². The summed E-state index contributed by atoms with van der Waals surface area (Å²) < 4.78 is 36.4. The van der Waals surface area contributed by atoms with Crippen molar-refractivity contribution >= 4 is 5.97 Å². The Kier molecular flexibility index (Phi) is 12.8. The maximum atomic E-state index is 13.1. The first-order valence-corrected chi connectivity index (χ1v) is 23.6. The number of carboxylic acids is 1. The minimum absolute atomic E-state index is 0.0275. The fourth-order valence-electron chi connectivity index (χ4n) is 14.9. The number of hydrogen-bond donors (Lipinski definition) is 9. The number of fused-ring (bicyclic) bond motifs is 7. The molecule has 0 radical (unpaired) electrons. The first-order valence-electron chi connectivity index (χ1n) is 23.6. The Morgan fingerprint density at radius 2 is 1.29 bits per heavy atom. The van der Waals surface area contributed by atoms with Crippen LogP contribution in [0.2, 0.25) is 0 Å². The van der Waals surface area contributed by atoms with Gasteiger partial charge < -0.3 is 74.4 Å². The molecule has 8 aliphatic rings. The van der Waals surface area contributed by atoms with Crippen LogP contribution in [0.15, 0.2) is 11.6 Å². The second kappa shape index (κ2) is 16.7. The molecule has 3 saturated heterocycles. The van der Waals surface area contributed by atoms with Crippen LogP contribution in [0.3, 0.4) is 0 Å². The summed E-state index contributed by atoms with van der Waals surface area (Å²) in [6, 6.07) is 0. The Hall–Kier alpha value is -1.35. The van der Waals surface area contributed by atoms with Gasteiger partial charge in [0.2, 0.25) is 0 Å². The zero-order valence-corrected chi connectivity index (χ0v) is 38.3. The van der Waals surface area contributed by atoms with E-state index in [4.69, 9.17) is 28.4 Å². The second-order valence-electron chi connectivity index (χ2n) is 23.0. The zero-order chi connectivity index (χ0) is 46.0. The highest BCUT2D eigenvalue weighted by Gasteiger charge is 2.70. The highest BCUT2D eigenvalue weighted by molar-refractivity contribution is 5.76. The number of ether oxygens (including phenoxy) is 6. The lowest BCUT2D eigenvalue weighted by atomic mass is 9.33. The van der Waals surface area contributed by atoms with Gasteiger partial charge in [-0.1, -0.05) is 60.1 Å². The van der Waals surface area contributed by atoms with E-state index in [1.165, 1.54) is 12.5 Å². The van der Waals surface area contributed by atoms with Crippen LogP contribution in [0.5, 0.6) is 0 Å². The number of carboxylic acid groups (broad SMARTS) is 1. The van der Waals surface area contributed by atoms with Crippen molar-refractivity contribution in [2.24, 2.45) is 50.2 Å². The number of rotatable bonds is 9. The SMILES string of the molecule is C[C@@H]1O[C@@H](O[C@H]2[C@H](O[C@H]3CC[C@]4(C)[C@H]5CC=C6[C@@H]7CC(C)(C)CC[C@]7(C(=O)O)CC[C@@]6(C)[C@]5(C)CC[C@H]4C3(C)C)O[C@@H](CO)[C@@H]2O)[C@H](O)[C@H](O[C@@H]2O[C@H](CO)[C@@H](O)[C@H](O)[C@@H]2O)[C@H]1O. The fourth-order valence-corrected chi connectivity index (χ4v) is 14.9. The van der Waals surface area contributed by atoms with Gasteiger partial charge in [-0.2, -0.15) is 0 Å². The third kappa shape index (κ3) is 7.42. The van der Waals surface area contributed by atoms with Crippen molar-refractivity contribution in [1.29, 1.82) is 0 Å². The van der Waals surface area contributed by atoms with Gasteiger partial charge in [-0.15, -0.1) is 0 Å². The topological polar surface area (TPSA) is 255 Å². The summed E-state index contributed by atoms with van der Waals surface area (Å²) in [5.41, 5.74) is 0.211. The van der Waals surface area contributed by atoms with E-state index in [1.54, 1.807) is 0 Å². The van der Waals surface area contributed by atoms with E-state index in [9.17, 15) is 50.8 Å². The normalized spacial score (nSPS) is 53.9. The maximum Gasteiger partial charge on any atom is 0.310 e. The lowest BCUT2D eigenvalue weighted by molar-refractivity contribution is -0.367. The molecule has 0 amide bonds. The molecular weight excluding hydrogens is 821 g/mol. The summed E-state index contributed by atoms with van der Waals surface area (Å²) >= 11 is 0. The average Bonchev–Trinajstić information content (AvgIpc) is 3.52. The molecule has 0 spiro atoms. The predicted molar refractivity (Wildman–Crippen MR) is 223 cm³/mol. The first-order chi connectivity index (χ1) is 29.4. The van der Waals surface area contributed by atoms with Gasteiger partial charge in [0.15, 0.2) is 18.9 Å². The molecule has 0 aromatic heterocycles. The highest BCUT2D eigenvalue weighted by atomic mass is 16.8. The maximum absolute atomic E-state index is 13.1. The van der Waals surface area contributed by atoms with Gasteiger partial charge in [0.1, 0.15) is 61.0 Å². The summed E-state index contributed by atoms with van der Waals surface area (Å²) in [7, 11) is 0. The quantitative estimate of drug-likeness (QED) is 0.151. The minimum atomic E-state index is -1.79. The fraction of sp³-hybridized carbons (Fsp3) is 0.936. The molecule has 5 aliphatic carbocycles. The van der Waals surface area contributed by atoms with E-state index >= 15 is 0 Å². The molecule has 0 unspecified atom stereocenters. The first kappa shape index (κ1) is 48.1. The summed E-state index contributed by atoms with van der Waals surface area (Å²) in [6.07, 6.45) is -9.63. The Morgan fingerprint density at radius 3 is 1.95 bits per heavy atom. The van der Waals surface area contributed by atoms with Gasteiger partial charge in [0.05, 0.1) is 30.8 Å². The van der Waals surface area contributed by atoms with Crippen molar-refractivity contribution in [3.8, 4) is 0 Å². The van der Waals surface area contributed by atoms with Crippen LogP contribution in [-0.4, -0.2) is 157 Å². The van der Waals surface area contributed by atoms with Crippen molar-refractivity contribution in [3.63, 3.8) is 0 Å². The van der Waals surface area contributed by atoms with E-state index in [1.807, 2.05) is 0 Å². The largest absolute Gasteiger partial charge is 0.481 e. The lowest BCUT2D eigenvalue weighted by Crippen LogP contribution is -2.65. The molecule has 9 N–H and O–H groups in total. The average molecular weight is 897 g/mol. The number of hydrogen-bond acceptors (Lipinski definition) is 15. The molecule has 4 saturated carbocycles. The van der Waals surface area contributed by atoms with Crippen LogP contribution in [0, 0.1) is 50.2 Å². The van der Waals surface area contributed by atoms with E-state index in [0.717, 1.165) is 51.4 Å². The summed E-state index contributed by atoms with van der Waals surface area (Å²) in [5, 5.41) is 95.9. The predicted octanol–water partition coefficient (Wildman–Crippen LogP) is 2.37. The summed E-state index contributed by atoms with van der Waals surface area (Å²) in [5.74, 6) is 0.0227. The van der Waals surface area contributed by atoms with Crippen LogP contribution < -0.4 is 0 Å². The Morgan fingerprint density at radius 1 is 0.667 bits per heavy atom. The summed E-state index contributed by atoms with van der Waals surface area (Å²) in [4.78, 5) is 13.1. The van der Waals surface area contributed by atoms with Crippen molar-refractivity contribution in [3.05, 3.63) is 11.6 Å². The minimum Gasteiger partial charge on any atom is -0.481 e. The Labute approximate surface area is 371 Å². The van der Waals surface area contributed by atoms with Crippen LogP contribution in [0.25, 0.3) is 0 Å². The standard InChI is InChI=1S/C47H76O16/c1-22-30(50)36(62-38-34(54)33(53)31(51)25(20-48)59-38)35(55)39(58-22)63-37-32(52)26(21-49)60-40(37)61-29-12-13-44(6)27(43(29,4)5)11-14-46(8)28(44)10-9-23-24-19-42(2,3)15-17-47(24,41(56)57)18-16-45(23,46)7/h9,22,24-40,48-55H,10-21H2,1-8H3,(H,56,57)/t22-,24-,25+,26-,27-,28+,29-,30-,31+,32-,33-,34-,35+,36+,37+,38-,39-,40-,44-,45+,46+,47-/m0/s1. The molecule has 3 heterocycles. The van der Waals surface area contributed by atoms with Gasteiger partial charge >= 0.3 is 5.97 Å². The molecule has 16 heteroatoms. The van der Waals surface area contributed by atoms with Gasteiger partial charge in [-0.05, 0) is 116 Å². The van der Waals surface area contributed by atoms with E-state index in [-0.39, 0.29) is 45.0 Å². The van der Waals surface area contributed by atoms with Crippen molar-refractivity contribution in [1.82, 2.24) is 0 Å². The Bertz CT molecular complexity index is 1720. The number of aliphatic hydroxyl groups is 8. The van der Waals surface area contributed by atoms with Crippen LogP contribution in [0.4, 0.5) is 0 Å². The number of carbonyl (C=O) groups is 1. The molecular formula is C47H76O16. The molecule has 63 heavy (non-hydrogen) atoms. The van der Waals surface area contributed by atoms with Gasteiger partial charge in [0.25, 0.3) is 0 Å². The molecule has 0 bridgehead atoms. The monoisotopic (exact) mass is 897 g/mol. The van der Waals surface area contributed by atoms with Crippen LogP contribution >= 0.6 is 0 Å². The molecule has 3 aliphatic heterocycles. The zero-order valence-electron chi connectivity index (χ0n) is 38.3. The lowest BCUT2D eigenvalue weighted by Gasteiger charge is -2.71. The highest BCUT2D eigenvalue weighted by Crippen LogP contribution is 2.76. The van der Waals surface area contributed by atoms with Crippen LogP contribution in [-0.2, 0) is 33.2 Å². The van der Waals surface area contributed by atoms with E-state index < -0.39 is 111 Å². The number of allylic oxidation sites excluding steroid dienone is 2. The second-order valence-corrected chi connectivity index (χ2v) is 23.0. The molecule has 7 fully saturated rings. The van der Waals surface area contributed by atoms with Gasteiger partial charge in [-0.3, -0.25) is 4.79 Å². The third-order valence-electron chi connectivity index (χ3n) is 19.0. The van der Waals surface area contributed by atoms with E-state index in [2.05, 4.69) is 54.5 Å².